The minimum atomic E-state index is -0.783. The van der Waals surface area contributed by atoms with Gasteiger partial charge < -0.3 is 10.5 Å². The molecule has 0 unspecified atom stereocenters. The van der Waals surface area contributed by atoms with Gasteiger partial charge in [0.05, 0.1) is 5.69 Å². The Morgan fingerprint density at radius 3 is 2.33 bits per heavy atom. The quantitative estimate of drug-likeness (QED) is 0.912. The van der Waals surface area contributed by atoms with Crippen LogP contribution in [-0.4, -0.2) is 9.78 Å². The van der Waals surface area contributed by atoms with Gasteiger partial charge in [-0.15, -0.1) is 0 Å². The normalized spacial score (nSPS) is 10.7. The zero-order valence-electron chi connectivity index (χ0n) is 10.1. The first kappa shape index (κ1) is 12.5. The Morgan fingerprint density at radius 1 is 1.28 bits per heavy atom. The molecule has 0 amide bonds. The van der Waals surface area contributed by atoms with Crippen LogP contribution in [0, 0.1) is 18.6 Å². The number of ether oxygens (including phenoxy) is 1. The fourth-order valence-corrected chi connectivity index (χ4v) is 1.61. The second kappa shape index (κ2) is 4.73. The van der Waals surface area contributed by atoms with Gasteiger partial charge in [0.25, 0.3) is 0 Å². The van der Waals surface area contributed by atoms with Gasteiger partial charge >= 0.3 is 0 Å². The van der Waals surface area contributed by atoms with Gasteiger partial charge in [-0.25, -0.2) is 13.5 Å². The molecule has 0 aliphatic heterocycles. The first-order chi connectivity index (χ1) is 8.51. The van der Waals surface area contributed by atoms with E-state index in [1.165, 1.54) is 4.68 Å². The molecule has 0 aliphatic rings. The molecular weight excluding hydrogens is 240 g/mol. The van der Waals surface area contributed by atoms with Crippen LogP contribution in [0.15, 0.2) is 18.2 Å². The largest absolute Gasteiger partial charge is 0.433 e. The molecule has 0 bridgehead atoms. The molecule has 0 saturated carbocycles. The molecule has 0 atom stereocenters. The molecule has 0 saturated heterocycles. The third-order valence-corrected chi connectivity index (χ3v) is 2.46. The highest BCUT2D eigenvalue weighted by Gasteiger charge is 2.15. The molecular formula is C12H13F2N3O. The van der Waals surface area contributed by atoms with Crippen molar-refractivity contribution in [3.63, 3.8) is 0 Å². The predicted molar refractivity (Wildman–Crippen MR) is 62.3 cm³/mol. The third-order valence-electron chi connectivity index (χ3n) is 2.46. The van der Waals surface area contributed by atoms with Gasteiger partial charge in [-0.1, -0.05) is 0 Å². The van der Waals surface area contributed by atoms with Crippen LogP contribution in [0.3, 0.4) is 0 Å². The van der Waals surface area contributed by atoms with Crippen LogP contribution in [0.5, 0.6) is 11.6 Å². The molecule has 96 valence electrons. The summed E-state index contributed by atoms with van der Waals surface area (Å²) in [6.45, 7) is 1.83. The van der Waals surface area contributed by atoms with E-state index in [1.807, 2.05) is 0 Å². The van der Waals surface area contributed by atoms with Crippen LogP contribution >= 0.6 is 0 Å². The lowest BCUT2D eigenvalue weighted by Crippen LogP contribution is -2.02. The van der Waals surface area contributed by atoms with Crippen molar-refractivity contribution in [3.05, 3.63) is 41.1 Å². The van der Waals surface area contributed by atoms with E-state index in [0.717, 1.165) is 12.1 Å². The molecule has 18 heavy (non-hydrogen) atoms. The molecule has 0 fully saturated rings. The maximum Gasteiger partial charge on any atom is 0.218 e. The number of hydrogen-bond donors (Lipinski definition) is 1. The molecule has 0 aliphatic carbocycles. The lowest BCUT2D eigenvalue weighted by molar-refractivity contribution is 0.376. The minimum absolute atomic E-state index is 0.0684. The Kier molecular flexibility index (Phi) is 3.29. The number of benzene rings is 1. The molecule has 1 aromatic heterocycles. The first-order valence-corrected chi connectivity index (χ1v) is 5.37. The highest BCUT2D eigenvalue weighted by molar-refractivity contribution is 5.34. The highest BCUT2D eigenvalue weighted by atomic mass is 19.1. The SMILES string of the molecule is Cc1cc(Oc2c(F)cc(CN)cc2F)n(C)n1. The molecule has 2 aromatic rings. The number of aromatic nitrogens is 2. The number of rotatable bonds is 3. The van der Waals surface area contributed by atoms with Crippen LogP contribution in [0.2, 0.25) is 0 Å². The predicted octanol–water partition coefficient (Wildman–Crippen LogP) is 2.26. The van der Waals surface area contributed by atoms with Gasteiger partial charge in [-0.3, -0.25) is 0 Å². The Labute approximate surface area is 103 Å². The zero-order valence-corrected chi connectivity index (χ0v) is 10.1. The van der Waals surface area contributed by atoms with E-state index in [4.69, 9.17) is 10.5 Å². The van der Waals surface area contributed by atoms with Gasteiger partial charge in [-0.05, 0) is 24.6 Å². The summed E-state index contributed by atoms with van der Waals surface area (Å²) in [5.74, 6) is -1.75. The number of hydrogen-bond acceptors (Lipinski definition) is 3. The second-order valence-electron chi connectivity index (χ2n) is 3.94. The molecule has 2 N–H and O–H groups in total. The molecule has 2 rings (SSSR count). The van der Waals surface area contributed by atoms with Gasteiger partial charge in [-0.2, -0.15) is 5.10 Å². The summed E-state index contributed by atoms with van der Waals surface area (Å²) < 4.78 is 34.0. The van der Waals surface area contributed by atoms with Gasteiger partial charge in [0.2, 0.25) is 11.6 Å². The number of aryl methyl sites for hydroxylation is 2. The summed E-state index contributed by atoms with van der Waals surface area (Å²) in [5, 5.41) is 4.03. The average Bonchev–Trinajstić information content (AvgIpc) is 2.62. The standard InChI is InChI=1S/C12H13F2N3O/c1-7-3-11(17(2)16-7)18-12-9(13)4-8(6-15)5-10(12)14/h3-5H,6,15H2,1-2H3. The summed E-state index contributed by atoms with van der Waals surface area (Å²) in [7, 11) is 1.63. The summed E-state index contributed by atoms with van der Waals surface area (Å²) >= 11 is 0. The van der Waals surface area contributed by atoms with E-state index in [2.05, 4.69) is 5.10 Å². The first-order valence-electron chi connectivity index (χ1n) is 5.37. The Balaban J connectivity index is 2.37. The Morgan fingerprint density at radius 2 is 1.89 bits per heavy atom. The van der Waals surface area contributed by atoms with Crippen molar-refractivity contribution in [2.24, 2.45) is 12.8 Å². The number of halogens is 2. The maximum atomic E-state index is 13.7. The van der Waals surface area contributed by atoms with Gasteiger partial charge in [0, 0.05) is 19.7 Å². The number of nitrogens with two attached hydrogens (primary N) is 1. The topological polar surface area (TPSA) is 53.1 Å². The van der Waals surface area contributed by atoms with Gasteiger partial charge in [0.1, 0.15) is 0 Å². The number of nitrogens with zero attached hydrogens (tertiary/aromatic N) is 2. The summed E-state index contributed by atoms with van der Waals surface area (Å²) in [4.78, 5) is 0. The van der Waals surface area contributed by atoms with Crippen molar-refractivity contribution >= 4 is 0 Å². The second-order valence-corrected chi connectivity index (χ2v) is 3.94. The minimum Gasteiger partial charge on any atom is -0.433 e. The third kappa shape index (κ3) is 2.33. The van der Waals surface area contributed by atoms with E-state index < -0.39 is 17.4 Å². The fourth-order valence-electron chi connectivity index (χ4n) is 1.61. The molecule has 1 aromatic carbocycles. The Bertz CT molecular complexity index is 558. The van der Waals surface area contributed by atoms with E-state index in [0.29, 0.717) is 11.3 Å². The molecule has 0 spiro atoms. The van der Waals surface area contributed by atoms with Crippen LogP contribution in [0.25, 0.3) is 0 Å². The fraction of sp³-hybridized carbons (Fsp3) is 0.250. The van der Waals surface area contributed by atoms with Crippen molar-refractivity contribution in [1.82, 2.24) is 9.78 Å². The summed E-state index contributed by atoms with van der Waals surface area (Å²) in [6, 6.07) is 3.90. The maximum absolute atomic E-state index is 13.7. The van der Waals surface area contributed by atoms with Crippen LogP contribution in [0.1, 0.15) is 11.3 Å². The van der Waals surface area contributed by atoms with E-state index in [9.17, 15) is 8.78 Å². The van der Waals surface area contributed by atoms with Crippen LogP contribution < -0.4 is 10.5 Å². The van der Waals surface area contributed by atoms with Crippen molar-refractivity contribution in [3.8, 4) is 11.6 Å². The molecule has 1 heterocycles. The summed E-state index contributed by atoms with van der Waals surface area (Å²) in [6.07, 6.45) is 0. The highest BCUT2D eigenvalue weighted by Crippen LogP contribution is 2.28. The van der Waals surface area contributed by atoms with E-state index >= 15 is 0 Å². The van der Waals surface area contributed by atoms with Crippen molar-refractivity contribution < 1.29 is 13.5 Å². The molecule has 6 heteroatoms. The molecule has 0 radical (unpaired) electrons. The lowest BCUT2D eigenvalue weighted by Gasteiger charge is -2.08. The van der Waals surface area contributed by atoms with Gasteiger partial charge in [0.15, 0.2) is 11.6 Å². The van der Waals surface area contributed by atoms with Crippen LogP contribution in [-0.2, 0) is 13.6 Å². The van der Waals surface area contributed by atoms with Crippen molar-refractivity contribution in [1.29, 1.82) is 0 Å². The van der Waals surface area contributed by atoms with Crippen molar-refractivity contribution in [2.75, 3.05) is 0 Å². The van der Waals surface area contributed by atoms with Crippen LogP contribution in [0.4, 0.5) is 8.78 Å². The lowest BCUT2D eigenvalue weighted by atomic mass is 10.2. The van der Waals surface area contributed by atoms with E-state index in [1.54, 1.807) is 20.0 Å². The molecule has 4 nitrogen and oxygen atoms in total. The average molecular weight is 253 g/mol. The summed E-state index contributed by atoms with van der Waals surface area (Å²) in [5.41, 5.74) is 6.40. The Hall–Kier alpha value is -1.95. The zero-order chi connectivity index (χ0) is 13.3. The van der Waals surface area contributed by atoms with Crippen molar-refractivity contribution in [2.45, 2.75) is 13.5 Å². The monoisotopic (exact) mass is 253 g/mol. The smallest absolute Gasteiger partial charge is 0.218 e. The van der Waals surface area contributed by atoms with E-state index in [-0.39, 0.29) is 12.4 Å².